The molecule has 1 aliphatic heterocycles. The summed E-state index contributed by atoms with van der Waals surface area (Å²) in [5.41, 5.74) is 0.890. The smallest absolute Gasteiger partial charge is 0.362 e. The average Bonchev–Trinajstić information content (AvgIpc) is 3.30. The molecule has 6 nitrogen and oxygen atoms in total. The lowest BCUT2D eigenvalue weighted by molar-refractivity contribution is -0.159. The summed E-state index contributed by atoms with van der Waals surface area (Å²) >= 11 is 6.76. The molecular weight excluding hydrogens is 399 g/mol. The van der Waals surface area contributed by atoms with Gasteiger partial charge in [-0.1, -0.05) is 17.4 Å². The first kappa shape index (κ1) is 18.1. The predicted octanol–water partition coefficient (Wildman–Crippen LogP) is 4.00. The molecule has 3 aromatic heterocycles. The van der Waals surface area contributed by atoms with E-state index in [1.54, 1.807) is 16.9 Å². The highest BCUT2D eigenvalue weighted by atomic mass is 32.1. The lowest BCUT2D eigenvalue weighted by Gasteiger charge is -2.32. The van der Waals surface area contributed by atoms with Crippen molar-refractivity contribution in [1.82, 2.24) is 24.8 Å². The number of thiophene rings is 1. The van der Waals surface area contributed by atoms with E-state index in [1.807, 2.05) is 19.2 Å². The zero-order chi connectivity index (χ0) is 19.2. The number of hydrogen-bond donors (Lipinski definition) is 0. The Morgan fingerprint density at radius 2 is 2.11 bits per heavy atom. The molecule has 142 valence electrons. The van der Waals surface area contributed by atoms with Crippen molar-refractivity contribution < 1.29 is 17.7 Å². The Balaban J connectivity index is 1.52. The summed E-state index contributed by atoms with van der Waals surface area (Å²) in [6.07, 6.45) is 0.120. The summed E-state index contributed by atoms with van der Waals surface area (Å²) in [4.78, 5) is 7.75. The number of aromatic nitrogens is 4. The molecule has 0 amide bonds. The molecule has 27 heavy (non-hydrogen) atoms. The SMILES string of the molecule is CC(c1ccc(-c2noc(C(F)(F)F)n2)s1)n1cc(C(=S)N2CCC2)cn1. The van der Waals surface area contributed by atoms with Gasteiger partial charge in [0.05, 0.1) is 17.1 Å². The molecule has 1 aliphatic rings. The van der Waals surface area contributed by atoms with Crippen LogP contribution in [-0.4, -0.2) is 42.9 Å². The van der Waals surface area contributed by atoms with Crippen molar-refractivity contribution in [3.05, 3.63) is 40.9 Å². The van der Waals surface area contributed by atoms with Crippen LogP contribution in [0.1, 0.15) is 35.7 Å². The Kier molecular flexibility index (Phi) is 4.50. The van der Waals surface area contributed by atoms with Gasteiger partial charge in [0.2, 0.25) is 5.82 Å². The van der Waals surface area contributed by atoms with E-state index in [-0.39, 0.29) is 11.9 Å². The molecule has 4 heterocycles. The fourth-order valence-electron chi connectivity index (χ4n) is 2.63. The van der Waals surface area contributed by atoms with E-state index in [0.717, 1.165) is 34.9 Å². The summed E-state index contributed by atoms with van der Waals surface area (Å²) < 4.78 is 43.9. The first-order chi connectivity index (χ1) is 12.8. The lowest BCUT2D eigenvalue weighted by Crippen LogP contribution is -2.41. The maximum absolute atomic E-state index is 12.6. The second kappa shape index (κ2) is 6.71. The Morgan fingerprint density at radius 1 is 1.33 bits per heavy atom. The first-order valence-electron chi connectivity index (χ1n) is 8.17. The minimum Gasteiger partial charge on any atom is -0.362 e. The van der Waals surface area contributed by atoms with Crippen LogP contribution in [-0.2, 0) is 6.18 Å². The summed E-state index contributed by atoms with van der Waals surface area (Å²) in [6.45, 7) is 3.90. The number of nitrogens with zero attached hydrogens (tertiary/aromatic N) is 5. The fourth-order valence-corrected chi connectivity index (χ4v) is 3.90. The molecule has 1 atom stereocenters. The molecule has 0 N–H and O–H groups in total. The van der Waals surface area contributed by atoms with Gasteiger partial charge in [-0.3, -0.25) is 4.68 Å². The number of halogens is 3. The van der Waals surface area contributed by atoms with Crippen LogP contribution in [0.25, 0.3) is 10.7 Å². The number of hydrogen-bond acceptors (Lipinski definition) is 6. The fraction of sp³-hybridized carbons (Fsp3) is 0.375. The zero-order valence-corrected chi connectivity index (χ0v) is 15.7. The van der Waals surface area contributed by atoms with Crippen LogP contribution in [0.5, 0.6) is 0 Å². The highest BCUT2D eigenvalue weighted by Crippen LogP contribution is 2.34. The molecular formula is C16H14F3N5OS2. The third-order valence-electron chi connectivity index (χ3n) is 4.32. The third-order valence-corrected chi connectivity index (χ3v) is 6.06. The van der Waals surface area contributed by atoms with Gasteiger partial charge in [0.15, 0.2) is 0 Å². The van der Waals surface area contributed by atoms with Crippen molar-refractivity contribution >= 4 is 28.5 Å². The second-order valence-corrected chi connectivity index (χ2v) is 7.66. The summed E-state index contributed by atoms with van der Waals surface area (Å²) in [5, 5.41) is 7.80. The van der Waals surface area contributed by atoms with E-state index in [2.05, 4.69) is 24.7 Å². The van der Waals surface area contributed by atoms with Crippen molar-refractivity contribution in [1.29, 1.82) is 0 Å². The Bertz CT molecular complexity index is 973. The Morgan fingerprint density at radius 3 is 2.74 bits per heavy atom. The summed E-state index contributed by atoms with van der Waals surface area (Å²) in [7, 11) is 0. The number of rotatable bonds is 4. The van der Waals surface area contributed by atoms with Gasteiger partial charge in [0.25, 0.3) is 0 Å². The Labute approximate surface area is 161 Å². The number of thiocarbonyl (C=S) groups is 1. The van der Waals surface area contributed by atoms with Gasteiger partial charge in [-0.2, -0.15) is 23.3 Å². The summed E-state index contributed by atoms with van der Waals surface area (Å²) in [5.74, 6) is -1.43. The van der Waals surface area contributed by atoms with Crippen LogP contribution in [0.15, 0.2) is 29.0 Å². The van der Waals surface area contributed by atoms with Gasteiger partial charge in [-0.05, 0) is 25.5 Å². The summed E-state index contributed by atoms with van der Waals surface area (Å²) in [6, 6.07) is 3.39. The number of likely N-dealkylation sites (tertiary alicyclic amines) is 1. The van der Waals surface area contributed by atoms with Crippen molar-refractivity contribution in [2.75, 3.05) is 13.1 Å². The minimum atomic E-state index is -4.65. The number of alkyl halides is 3. The van der Waals surface area contributed by atoms with Gasteiger partial charge in [-0.25, -0.2) is 0 Å². The molecule has 1 fully saturated rings. The molecule has 0 radical (unpaired) electrons. The van der Waals surface area contributed by atoms with E-state index >= 15 is 0 Å². The quantitative estimate of drug-likeness (QED) is 0.603. The molecule has 1 saturated heterocycles. The maximum Gasteiger partial charge on any atom is 0.471 e. The van der Waals surface area contributed by atoms with Gasteiger partial charge in [0.1, 0.15) is 4.99 Å². The molecule has 1 unspecified atom stereocenters. The van der Waals surface area contributed by atoms with E-state index in [0.29, 0.717) is 4.88 Å². The first-order valence-corrected chi connectivity index (χ1v) is 9.40. The largest absolute Gasteiger partial charge is 0.471 e. The van der Waals surface area contributed by atoms with E-state index < -0.39 is 12.1 Å². The van der Waals surface area contributed by atoms with E-state index in [4.69, 9.17) is 12.2 Å². The second-order valence-electron chi connectivity index (χ2n) is 6.15. The molecule has 11 heteroatoms. The molecule has 0 aliphatic carbocycles. The van der Waals surface area contributed by atoms with Crippen molar-refractivity contribution in [3.63, 3.8) is 0 Å². The van der Waals surface area contributed by atoms with Crippen LogP contribution in [0.2, 0.25) is 0 Å². The average molecular weight is 413 g/mol. The maximum atomic E-state index is 12.6. The van der Waals surface area contributed by atoms with Crippen molar-refractivity contribution in [2.24, 2.45) is 0 Å². The zero-order valence-electron chi connectivity index (χ0n) is 14.1. The standard InChI is InChI=1S/C16H14F3N5OS2/c1-9(24-8-10(7-20-24)14(26)23-5-2-6-23)11-3-4-12(27-11)13-21-15(25-22-13)16(17,18)19/h3-4,7-9H,2,5-6H2,1H3. The van der Waals surface area contributed by atoms with Crippen molar-refractivity contribution in [3.8, 4) is 10.7 Å². The highest BCUT2D eigenvalue weighted by Gasteiger charge is 2.38. The van der Waals surface area contributed by atoms with Gasteiger partial charge in [-0.15, -0.1) is 11.3 Å². The lowest BCUT2D eigenvalue weighted by atomic mass is 10.2. The topological polar surface area (TPSA) is 60.0 Å². The Hall–Kier alpha value is -2.27. The monoisotopic (exact) mass is 413 g/mol. The normalized spacial score (nSPS) is 15.6. The molecule has 0 aromatic carbocycles. The highest BCUT2D eigenvalue weighted by molar-refractivity contribution is 7.80. The molecule has 0 bridgehead atoms. The van der Waals surface area contributed by atoms with Crippen molar-refractivity contribution in [2.45, 2.75) is 25.6 Å². The van der Waals surface area contributed by atoms with Crippen LogP contribution >= 0.6 is 23.6 Å². The predicted molar refractivity (Wildman–Crippen MR) is 96.5 cm³/mol. The molecule has 3 aromatic rings. The van der Waals surface area contributed by atoms with Crippen LogP contribution in [0.3, 0.4) is 0 Å². The minimum absolute atomic E-state index is 0.0779. The molecule has 0 saturated carbocycles. The van der Waals surface area contributed by atoms with Gasteiger partial charge < -0.3 is 9.42 Å². The van der Waals surface area contributed by atoms with Crippen LogP contribution in [0, 0.1) is 0 Å². The van der Waals surface area contributed by atoms with Gasteiger partial charge in [0, 0.05) is 29.7 Å². The third kappa shape index (κ3) is 3.48. The van der Waals surface area contributed by atoms with E-state index in [9.17, 15) is 13.2 Å². The molecule has 4 rings (SSSR count). The van der Waals surface area contributed by atoms with E-state index in [1.165, 1.54) is 11.3 Å². The van der Waals surface area contributed by atoms with Crippen LogP contribution < -0.4 is 0 Å². The molecule has 0 spiro atoms. The van der Waals surface area contributed by atoms with Gasteiger partial charge >= 0.3 is 12.1 Å². The van der Waals surface area contributed by atoms with Crippen LogP contribution in [0.4, 0.5) is 13.2 Å².